The number of guanidine groups is 1. The molecule has 13 heteroatoms. The monoisotopic (exact) mass is 689 g/mol. The van der Waals surface area contributed by atoms with Gasteiger partial charge in [0, 0.05) is 25.6 Å². The molecule has 4 rings (SSSR count). The van der Waals surface area contributed by atoms with E-state index in [1.54, 1.807) is 4.90 Å². The lowest BCUT2D eigenvalue weighted by atomic mass is 10.00. The number of carbonyl (C=O) groups excluding carboxylic acids is 4. The molecule has 13 nitrogen and oxygen atoms in total. The molecule has 2 heterocycles. The average Bonchev–Trinajstić information content (AvgIpc) is 3.65. The van der Waals surface area contributed by atoms with Gasteiger partial charge >= 0.3 is 0 Å². The molecule has 0 bridgehead atoms. The lowest BCUT2D eigenvalue weighted by Crippen LogP contribution is -2.59. The van der Waals surface area contributed by atoms with Gasteiger partial charge in [-0.05, 0) is 68.7 Å². The zero-order valence-electron chi connectivity index (χ0n) is 29.4. The Hall–Kier alpha value is -4.49. The van der Waals surface area contributed by atoms with Gasteiger partial charge in [0.1, 0.15) is 18.1 Å². The molecule has 2 aromatic rings. The molecule has 2 aromatic carbocycles. The minimum Gasteiger partial charge on any atom is -0.370 e. The average molecular weight is 690 g/mol. The first-order chi connectivity index (χ1) is 24.0. The second-order valence-electron chi connectivity index (χ2n) is 13.9. The van der Waals surface area contributed by atoms with Crippen LogP contribution in [0.4, 0.5) is 0 Å². The van der Waals surface area contributed by atoms with Crippen molar-refractivity contribution in [1.82, 2.24) is 25.8 Å². The summed E-state index contributed by atoms with van der Waals surface area (Å²) in [4.78, 5) is 63.1. The molecule has 0 aromatic heterocycles. The number of nitrogens with one attached hydrogen (secondary N) is 3. The van der Waals surface area contributed by atoms with Gasteiger partial charge in [-0.2, -0.15) is 0 Å². The summed E-state index contributed by atoms with van der Waals surface area (Å²) < 4.78 is 0. The van der Waals surface area contributed by atoms with E-state index in [2.05, 4.69) is 25.8 Å². The highest BCUT2D eigenvalue weighted by molar-refractivity contribution is 5.95. The number of likely N-dealkylation sites (tertiary alicyclic amines) is 2. The summed E-state index contributed by atoms with van der Waals surface area (Å²) in [5.74, 6) is -1.99. The van der Waals surface area contributed by atoms with Crippen LogP contribution in [0.15, 0.2) is 65.7 Å². The van der Waals surface area contributed by atoms with Crippen LogP contribution in [0.3, 0.4) is 0 Å². The number of rotatable bonds is 16. The number of piperidine rings is 1. The Labute approximate surface area is 295 Å². The predicted octanol–water partition coefficient (Wildman–Crippen LogP) is 0.660. The molecule has 0 unspecified atom stereocenters. The maximum atomic E-state index is 13.9. The Bertz CT molecular complexity index is 1420. The fourth-order valence-corrected chi connectivity index (χ4v) is 6.71. The quantitative estimate of drug-likeness (QED) is 0.109. The second-order valence-corrected chi connectivity index (χ2v) is 13.9. The number of nitrogens with zero attached hydrogens (tertiary/aromatic N) is 3. The summed E-state index contributed by atoms with van der Waals surface area (Å²) in [6.07, 6.45) is 4.93. The van der Waals surface area contributed by atoms with Crippen molar-refractivity contribution < 1.29 is 19.2 Å². The zero-order chi connectivity index (χ0) is 36.0. The number of aliphatic imine (C=N–C) groups is 1. The van der Waals surface area contributed by atoms with Crippen molar-refractivity contribution >= 4 is 29.6 Å². The maximum absolute atomic E-state index is 13.9. The van der Waals surface area contributed by atoms with Crippen LogP contribution in [0.5, 0.6) is 0 Å². The van der Waals surface area contributed by atoms with Crippen LogP contribution >= 0.6 is 0 Å². The molecule has 2 aliphatic heterocycles. The number of amides is 4. The van der Waals surface area contributed by atoms with Crippen molar-refractivity contribution in [3.05, 3.63) is 71.8 Å². The first-order valence-electron chi connectivity index (χ1n) is 17.8. The van der Waals surface area contributed by atoms with E-state index in [1.807, 2.05) is 74.5 Å². The SMILES string of the molecule is CC(C)C[C@@H](NC(=O)[C@@H](Cc1ccccc1)NC(=O)[C@H](N)Cc1ccccc1)C(=O)N[C@H](CN=C(N)N)C(=O)N1CCC(N2CCCC2)CC1. The number of carbonyl (C=O) groups is 4. The number of hydrogen-bond donors (Lipinski definition) is 6. The fourth-order valence-electron chi connectivity index (χ4n) is 6.71. The van der Waals surface area contributed by atoms with Gasteiger partial charge in [0.2, 0.25) is 23.6 Å². The summed E-state index contributed by atoms with van der Waals surface area (Å²) in [6, 6.07) is 15.2. The second kappa shape index (κ2) is 19.0. The molecule has 0 radical (unpaired) electrons. The molecule has 4 amide bonds. The first kappa shape index (κ1) is 38.3. The predicted molar refractivity (Wildman–Crippen MR) is 195 cm³/mol. The van der Waals surface area contributed by atoms with Crippen molar-refractivity contribution in [2.45, 2.75) is 89.0 Å². The van der Waals surface area contributed by atoms with Crippen LogP contribution in [0, 0.1) is 5.92 Å². The largest absolute Gasteiger partial charge is 0.370 e. The highest BCUT2D eigenvalue weighted by Gasteiger charge is 2.34. The third-order valence-corrected chi connectivity index (χ3v) is 9.40. The van der Waals surface area contributed by atoms with Gasteiger partial charge in [-0.3, -0.25) is 24.2 Å². The standard InChI is InChI=1S/C37H55N9O4/c1-25(2)21-30(34(48)44-32(24-41-37(39)40)36(50)46-19-15-28(16-20-46)45-17-9-10-18-45)43-35(49)31(23-27-13-7-4-8-14-27)42-33(47)29(38)22-26-11-5-3-6-12-26/h3-8,11-14,25,28-32H,9-10,15-24,38H2,1-2H3,(H,42,47)(H,43,49)(H,44,48)(H4,39,40,41)/t29-,30-,31-,32-/m1/s1. The van der Waals surface area contributed by atoms with Gasteiger partial charge in [-0.15, -0.1) is 0 Å². The van der Waals surface area contributed by atoms with Gasteiger partial charge in [0.25, 0.3) is 0 Å². The first-order valence-corrected chi connectivity index (χ1v) is 17.8. The molecular formula is C37H55N9O4. The Morgan fingerprint density at radius 1 is 0.740 bits per heavy atom. The molecule has 50 heavy (non-hydrogen) atoms. The Balaban J connectivity index is 1.46. The molecule has 2 fully saturated rings. The Kier molecular flexibility index (Phi) is 14.6. The summed E-state index contributed by atoms with van der Waals surface area (Å²) in [6.45, 7) is 7.09. The smallest absolute Gasteiger partial charge is 0.247 e. The normalized spacial score (nSPS) is 17.7. The van der Waals surface area contributed by atoms with Crippen molar-refractivity contribution in [3.8, 4) is 0 Å². The van der Waals surface area contributed by atoms with E-state index in [4.69, 9.17) is 17.2 Å². The molecule has 2 saturated heterocycles. The summed E-state index contributed by atoms with van der Waals surface area (Å²) in [5.41, 5.74) is 19.2. The maximum Gasteiger partial charge on any atom is 0.247 e. The van der Waals surface area contributed by atoms with Crippen molar-refractivity contribution in [3.63, 3.8) is 0 Å². The minimum atomic E-state index is -1.02. The van der Waals surface area contributed by atoms with E-state index in [9.17, 15) is 19.2 Å². The van der Waals surface area contributed by atoms with Gasteiger partial charge in [-0.1, -0.05) is 74.5 Å². The summed E-state index contributed by atoms with van der Waals surface area (Å²) in [5, 5.41) is 8.53. The Morgan fingerprint density at radius 3 is 1.82 bits per heavy atom. The molecular weight excluding hydrogens is 634 g/mol. The van der Waals surface area contributed by atoms with Crippen LogP contribution in [0.1, 0.15) is 57.1 Å². The minimum absolute atomic E-state index is 0.0176. The lowest BCUT2D eigenvalue weighted by Gasteiger charge is -2.38. The lowest BCUT2D eigenvalue weighted by molar-refractivity contribution is -0.138. The van der Waals surface area contributed by atoms with Crippen LogP contribution < -0.4 is 33.2 Å². The number of hydrogen-bond acceptors (Lipinski definition) is 7. The molecule has 2 aliphatic rings. The highest BCUT2D eigenvalue weighted by Crippen LogP contribution is 2.21. The van der Waals surface area contributed by atoms with Gasteiger partial charge in [-0.25, -0.2) is 0 Å². The number of nitrogens with two attached hydrogens (primary N) is 3. The molecule has 4 atom stereocenters. The van der Waals surface area contributed by atoms with E-state index < -0.39 is 41.9 Å². The molecule has 272 valence electrons. The third kappa shape index (κ3) is 11.8. The van der Waals surface area contributed by atoms with Gasteiger partial charge in [0.05, 0.1) is 12.6 Å². The molecule has 9 N–H and O–H groups in total. The highest BCUT2D eigenvalue weighted by atomic mass is 16.2. The third-order valence-electron chi connectivity index (χ3n) is 9.40. The van der Waals surface area contributed by atoms with E-state index in [-0.39, 0.29) is 30.8 Å². The van der Waals surface area contributed by atoms with Crippen molar-refractivity contribution in [2.24, 2.45) is 28.1 Å². The summed E-state index contributed by atoms with van der Waals surface area (Å²) in [7, 11) is 0. The van der Waals surface area contributed by atoms with E-state index in [0.717, 1.165) is 37.1 Å². The molecule has 0 saturated carbocycles. The van der Waals surface area contributed by atoms with E-state index >= 15 is 0 Å². The van der Waals surface area contributed by atoms with Crippen molar-refractivity contribution in [1.29, 1.82) is 0 Å². The van der Waals surface area contributed by atoms with Crippen molar-refractivity contribution in [2.75, 3.05) is 32.7 Å². The van der Waals surface area contributed by atoms with E-state index in [1.165, 1.54) is 12.8 Å². The summed E-state index contributed by atoms with van der Waals surface area (Å²) >= 11 is 0. The van der Waals surface area contributed by atoms with Crippen LogP contribution in [0.2, 0.25) is 0 Å². The fraction of sp³-hybridized carbons (Fsp3) is 0.541. The zero-order valence-corrected chi connectivity index (χ0v) is 29.4. The molecule has 0 spiro atoms. The van der Waals surface area contributed by atoms with Gasteiger partial charge in [0.15, 0.2) is 5.96 Å². The van der Waals surface area contributed by atoms with Crippen LogP contribution in [-0.2, 0) is 32.0 Å². The number of benzene rings is 2. The van der Waals surface area contributed by atoms with Crippen LogP contribution in [0.25, 0.3) is 0 Å². The van der Waals surface area contributed by atoms with E-state index in [0.29, 0.717) is 32.0 Å². The Morgan fingerprint density at radius 2 is 1.26 bits per heavy atom. The molecule has 0 aliphatic carbocycles. The van der Waals surface area contributed by atoms with Gasteiger partial charge < -0.3 is 43.0 Å². The topological polar surface area (TPSA) is 201 Å². The van der Waals surface area contributed by atoms with Crippen LogP contribution in [-0.4, -0.2) is 102 Å².